The Bertz CT molecular complexity index is 1150. The van der Waals surface area contributed by atoms with E-state index >= 15 is 0 Å². The third-order valence-corrected chi connectivity index (χ3v) is 7.03. The van der Waals surface area contributed by atoms with Crippen molar-refractivity contribution in [3.8, 4) is 5.75 Å². The second-order valence-electron chi connectivity index (χ2n) is 9.41. The summed E-state index contributed by atoms with van der Waals surface area (Å²) in [4.78, 5) is 42.1. The average molecular weight is 475 g/mol. The molecule has 0 spiro atoms. The zero-order valence-electron chi connectivity index (χ0n) is 19.8. The van der Waals surface area contributed by atoms with Crippen LogP contribution in [0.2, 0.25) is 0 Å². The molecule has 1 saturated carbocycles. The number of hydrogen-bond acceptors (Lipinski definition) is 5. The molecule has 5 rings (SSSR count). The fourth-order valence-corrected chi connectivity index (χ4v) is 5.06. The molecule has 2 aliphatic heterocycles. The number of benzene rings is 2. The maximum absolute atomic E-state index is 13.1. The molecule has 182 valence electrons. The minimum atomic E-state index is -0.404. The van der Waals surface area contributed by atoms with Crippen LogP contribution in [0, 0.1) is 0 Å². The molecule has 1 saturated heterocycles. The van der Waals surface area contributed by atoms with Crippen LogP contribution < -0.4 is 4.74 Å². The van der Waals surface area contributed by atoms with Gasteiger partial charge in [0.05, 0.1) is 25.8 Å². The van der Waals surface area contributed by atoms with Gasteiger partial charge in [-0.15, -0.1) is 0 Å². The number of allylic oxidation sites excluding steroid dienone is 1. The molecule has 2 amide bonds. The summed E-state index contributed by atoms with van der Waals surface area (Å²) in [5.74, 6) is 0.624. The van der Waals surface area contributed by atoms with E-state index < -0.39 is 6.04 Å². The Labute approximate surface area is 205 Å². The van der Waals surface area contributed by atoms with Gasteiger partial charge in [-0.05, 0) is 49.1 Å². The highest BCUT2D eigenvalue weighted by molar-refractivity contribution is 6.02. The van der Waals surface area contributed by atoms with Crippen molar-refractivity contribution in [2.75, 3.05) is 26.3 Å². The van der Waals surface area contributed by atoms with Crippen LogP contribution in [0.5, 0.6) is 5.75 Å². The van der Waals surface area contributed by atoms with Crippen LogP contribution in [0.15, 0.2) is 54.6 Å². The maximum Gasteiger partial charge on any atom is 0.255 e. The fourth-order valence-electron chi connectivity index (χ4n) is 5.06. The summed E-state index contributed by atoms with van der Waals surface area (Å²) < 4.78 is 11.4. The van der Waals surface area contributed by atoms with Crippen molar-refractivity contribution in [1.29, 1.82) is 0 Å². The van der Waals surface area contributed by atoms with Gasteiger partial charge in [0.2, 0.25) is 0 Å². The lowest BCUT2D eigenvalue weighted by Crippen LogP contribution is -2.40. The summed E-state index contributed by atoms with van der Waals surface area (Å²) in [5, 5.41) is 0. The molecule has 0 aromatic heterocycles. The number of ketones is 1. The second-order valence-corrected chi connectivity index (χ2v) is 9.41. The van der Waals surface area contributed by atoms with Crippen molar-refractivity contribution in [3.05, 3.63) is 76.9 Å². The number of nitrogens with zero attached hydrogens (tertiary/aromatic N) is 2. The van der Waals surface area contributed by atoms with Crippen molar-refractivity contribution in [1.82, 2.24) is 9.80 Å². The van der Waals surface area contributed by atoms with Gasteiger partial charge in [0, 0.05) is 36.2 Å². The summed E-state index contributed by atoms with van der Waals surface area (Å²) in [5.41, 5.74) is 3.95. The summed E-state index contributed by atoms with van der Waals surface area (Å²) in [6, 6.07) is 12.5. The van der Waals surface area contributed by atoms with E-state index in [1.807, 2.05) is 36.4 Å². The number of amides is 2. The van der Waals surface area contributed by atoms with Crippen LogP contribution in [0.4, 0.5) is 0 Å². The van der Waals surface area contributed by atoms with Crippen LogP contribution in [0.1, 0.15) is 57.5 Å². The highest BCUT2D eigenvalue weighted by Gasteiger charge is 2.38. The van der Waals surface area contributed by atoms with Crippen molar-refractivity contribution >= 4 is 17.6 Å². The standard InChI is InChI=1S/C28H30N2O5/c1-19-4-2-6-24(25(31)16-19)30-17-23-22(28(30)33)5-3-7-26(23)35-18-20-8-10-21(11-9-20)27(32)29-12-14-34-15-13-29/h3,5,7-11,24H,1-2,4,6,12-18H2/t24-/m0/s1. The number of hydrogen-bond donors (Lipinski definition) is 0. The van der Waals surface area contributed by atoms with Crippen molar-refractivity contribution in [3.63, 3.8) is 0 Å². The number of ether oxygens (including phenoxy) is 2. The molecule has 35 heavy (non-hydrogen) atoms. The largest absolute Gasteiger partial charge is 0.489 e. The Kier molecular flexibility index (Phi) is 6.68. The van der Waals surface area contributed by atoms with Crippen LogP contribution in [-0.4, -0.2) is 59.7 Å². The topological polar surface area (TPSA) is 76.2 Å². The van der Waals surface area contributed by atoms with Gasteiger partial charge in [-0.25, -0.2) is 0 Å². The van der Waals surface area contributed by atoms with E-state index in [2.05, 4.69) is 6.58 Å². The molecule has 7 heteroatoms. The average Bonchev–Trinajstić information content (AvgIpc) is 3.12. The zero-order valence-corrected chi connectivity index (χ0v) is 19.8. The summed E-state index contributed by atoms with van der Waals surface area (Å²) in [6.07, 6.45) is 2.71. The Balaban J connectivity index is 1.25. The lowest BCUT2D eigenvalue weighted by molar-refractivity contribution is -0.122. The first kappa shape index (κ1) is 23.3. The SMILES string of the molecule is C=C1CCC[C@H](N2Cc3c(OCc4ccc(C(=O)N5CCOCC5)cc4)cccc3C2=O)C(=O)C1. The first-order chi connectivity index (χ1) is 17.0. The summed E-state index contributed by atoms with van der Waals surface area (Å²) in [7, 11) is 0. The minimum Gasteiger partial charge on any atom is -0.489 e. The second kappa shape index (κ2) is 10.0. The molecule has 2 aromatic carbocycles. The van der Waals surface area contributed by atoms with E-state index in [1.54, 1.807) is 15.9 Å². The predicted octanol–water partition coefficient (Wildman–Crippen LogP) is 3.76. The molecule has 0 unspecified atom stereocenters. The van der Waals surface area contributed by atoms with Gasteiger partial charge in [-0.3, -0.25) is 14.4 Å². The molecule has 2 heterocycles. The van der Waals surface area contributed by atoms with Crippen LogP contribution >= 0.6 is 0 Å². The third-order valence-electron chi connectivity index (χ3n) is 7.03. The van der Waals surface area contributed by atoms with Crippen LogP contribution in [0.25, 0.3) is 0 Å². The number of carbonyl (C=O) groups is 3. The van der Waals surface area contributed by atoms with E-state index in [-0.39, 0.29) is 17.6 Å². The number of Topliss-reactive ketones (excluding diaryl/α,β-unsaturated/α-hetero) is 1. The van der Waals surface area contributed by atoms with E-state index in [4.69, 9.17) is 9.47 Å². The number of morpholine rings is 1. The first-order valence-electron chi connectivity index (χ1n) is 12.2. The quantitative estimate of drug-likeness (QED) is 0.487. The Hall–Kier alpha value is -3.45. The molecular weight excluding hydrogens is 444 g/mol. The van der Waals surface area contributed by atoms with Crippen molar-refractivity contribution in [2.45, 2.75) is 44.9 Å². The minimum absolute atomic E-state index is 0.0110. The molecule has 2 fully saturated rings. The third kappa shape index (κ3) is 4.86. The molecule has 0 N–H and O–H groups in total. The zero-order chi connectivity index (χ0) is 24.4. The van der Waals surface area contributed by atoms with Gasteiger partial charge in [-0.2, -0.15) is 0 Å². The van der Waals surface area contributed by atoms with E-state index in [0.29, 0.717) is 69.2 Å². The lowest BCUT2D eigenvalue weighted by Gasteiger charge is -2.26. The molecular formula is C28H30N2O5. The molecule has 0 radical (unpaired) electrons. The smallest absolute Gasteiger partial charge is 0.255 e. The maximum atomic E-state index is 13.1. The van der Waals surface area contributed by atoms with Crippen LogP contribution in [-0.2, 0) is 22.7 Å². The Morgan fingerprint density at radius 3 is 2.63 bits per heavy atom. The normalized spacial score (nSPS) is 20.6. The van der Waals surface area contributed by atoms with E-state index in [1.165, 1.54) is 0 Å². The van der Waals surface area contributed by atoms with Gasteiger partial charge < -0.3 is 19.3 Å². The molecule has 2 aromatic rings. The molecule has 0 bridgehead atoms. The fraction of sp³-hybridized carbons (Fsp3) is 0.393. The number of carbonyl (C=O) groups excluding carboxylic acids is 3. The van der Waals surface area contributed by atoms with Gasteiger partial charge in [0.1, 0.15) is 12.4 Å². The summed E-state index contributed by atoms with van der Waals surface area (Å²) >= 11 is 0. The van der Waals surface area contributed by atoms with Crippen molar-refractivity contribution in [2.24, 2.45) is 0 Å². The molecule has 3 aliphatic rings. The highest BCUT2D eigenvalue weighted by atomic mass is 16.5. The van der Waals surface area contributed by atoms with Gasteiger partial charge in [0.15, 0.2) is 5.78 Å². The predicted molar refractivity (Wildman–Crippen MR) is 130 cm³/mol. The van der Waals surface area contributed by atoms with Gasteiger partial charge in [-0.1, -0.05) is 30.4 Å². The molecule has 7 nitrogen and oxygen atoms in total. The Morgan fingerprint density at radius 1 is 1.09 bits per heavy atom. The van der Waals surface area contributed by atoms with Crippen molar-refractivity contribution < 1.29 is 23.9 Å². The molecule has 1 atom stereocenters. The van der Waals surface area contributed by atoms with E-state index in [0.717, 1.165) is 29.5 Å². The number of rotatable bonds is 5. The highest BCUT2D eigenvalue weighted by Crippen LogP contribution is 2.35. The van der Waals surface area contributed by atoms with Crippen LogP contribution in [0.3, 0.4) is 0 Å². The van der Waals surface area contributed by atoms with Gasteiger partial charge in [0.25, 0.3) is 11.8 Å². The van der Waals surface area contributed by atoms with E-state index in [9.17, 15) is 14.4 Å². The monoisotopic (exact) mass is 474 g/mol. The first-order valence-corrected chi connectivity index (χ1v) is 12.2. The molecule has 1 aliphatic carbocycles. The van der Waals surface area contributed by atoms with Gasteiger partial charge >= 0.3 is 0 Å². The lowest BCUT2D eigenvalue weighted by atomic mass is 10.1. The number of fused-ring (bicyclic) bond motifs is 1. The Morgan fingerprint density at radius 2 is 1.86 bits per heavy atom. The summed E-state index contributed by atoms with van der Waals surface area (Å²) in [6.45, 7) is 7.04.